The van der Waals surface area contributed by atoms with Crippen molar-refractivity contribution in [2.45, 2.75) is 52.2 Å². The molecule has 0 spiro atoms. The van der Waals surface area contributed by atoms with Crippen LogP contribution in [0, 0.1) is 11.8 Å². The van der Waals surface area contributed by atoms with Gasteiger partial charge < -0.3 is 0 Å². The van der Waals surface area contributed by atoms with Gasteiger partial charge in [0.25, 0.3) is 0 Å². The second-order valence-corrected chi connectivity index (χ2v) is 4.96. The van der Waals surface area contributed by atoms with E-state index < -0.39 is 19.1 Å². The average molecular weight is 220 g/mol. The summed E-state index contributed by atoms with van der Waals surface area (Å²) < 4.78 is 47.0. The summed E-state index contributed by atoms with van der Waals surface area (Å²) in [4.78, 5) is 0. The molecule has 0 aliphatic carbocycles. The van der Waals surface area contributed by atoms with E-state index in [-0.39, 0.29) is 11.0 Å². The highest BCUT2D eigenvalue weighted by Gasteiger charge is 2.20. The van der Waals surface area contributed by atoms with Gasteiger partial charge in [0, 0.05) is 8.22 Å². The van der Waals surface area contributed by atoms with Gasteiger partial charge in [-0.05, 0) is 37.2 Å². The Morgan fingerprint density at radius 1 is 1.12 bits per heavy atom. The third kappa shape index (κ3) is 2.89. The Morgan fingerprint density at radius 3 is 2.25 bits per heavy atom. The molecule has 0 bridgehead atoms. The van der Waals surface area contributed by atoms with Gasteiger partial charge in [0.2, 0.25) is 0 Å². The molecule has 0 heterocycles. The van der Waals surface area contributed by atoms with Gasteiger partial charge in [0.05, 0.1) is 5.41 Å². The molecule has 0 aliphatic heterocycles. The predicted octanol–water partition coefficient (Wildman–Crippen LogP) is 4.29. The van der Waals surface area contributed by atoms with Crippen LogP contribution in [-0.4, -0.2) is 0 Å². The predicted molar refractivity (Wildman–Crippen MR) is 71.6 cm³/mol. The monoisotopic (exact) mass is 220 g/mol. The van der Waals surface area contributed by atoms with Crippen molar-refractivity contribution in [1.29, 1.82) is 0 Å². The van der Waals surface area contributed by atoms with E-state index in [1.807, 2.05) is 26.8 Å². The van der Waals surface area contributed by atoms with E-state index in [0.29, 0.717) is 0 Å². The van der Waals surface area contributed by atoms with Crippen LogP contribution in [-0.2, 0) is 10.8 Å². The fourth-order valence-electron chi connectivity index (χ4n) is 1.48. The molecule has 0 fully saturated rings. The Hall–Kier alpha value is -1.22. The highest BCUT2D eigenvalue weighted by Crippen LogP contribution is 2.28. The molecule has 16 heavy (non-hydrogen) atoms. The fourth-order valence-corrected chi connectivity index (χ4v) is 1.48. The molecule has 0 unspecified atom stereocenters. The van der Waals surface area contributed by atoms with Crippen LogP contribution in [0.4, 0.5) is 0 Å². The molecule has 0 heteroatoms. The van der Waals surface area contributed by atoms with Crippen LogP contribution in [0.3, 0.4) is 0 Å². The van der Waals surface area contributed by atoms with Crippen molar-refractivity contribution in [2.75, 3.05) is 0 Å². The van der Waals surface area contributed by atoms with Crippen molar-refractivity contribution < 1.29 is 8.22 Å². The van der Waals surface area contributed by atoms with E-state index >= 15 is 0 Å². The molecule has 1 aromatic carbocycles. The molecule has 0 N–H and O–H groups in total. The maximum absolute atomic E-state index is 7.83. The van der Waals surface area contributed by atoms with Gasteiger partial charge in [-0.25, -0.2) is 0 Å². The molecular weight excluding hydrogens is 192 g/mol. The van der Waals surface area contributed by atoms with E-state index in [0.717, 1.165) is 5.56 Å². The van der Waals surface area contributed by atoms with Crippen molar-refractivity contribution in [3.05, 3.63) is 35.4 Å². The van der Waals surface area contributed by atoms with Crippen LogP contribution in [0.5, 0.6) is 0 Å². The molecule has 86 valence electrons. The summed E-state index contributed by atoms with van der Waals surface area (Å²) in [5.74, 6) is 5.00. The van der Waals surface area contributed by atoms with Gasteiger partial charge in [-0.15, -0.1) is 5.92 Å². The van der Waals surface area contributed by atoms with Crippen LogP contribution in [0.15, 0.2) is 24.3 Å². The zero-order valence-electron chi connectivity index (χ0n) is 16.3. The molecule has 0 aromatic heterocycles. The maximum atomic E-state index is 7.83. The van der Waals surface area contributed by atoms with Crippen molar-refractivity contribution in [2.24, 2.45) is 0 Å². The quantitative estimate of drug-likeness (QED) is 0.620. The molecule has 0 saturated carbocycles. The van der Waals surface area contributed by atoms with E-state index in [4.69, 9.17) is 8.22 Å². The van der Waals surface area contributed by atoms with Crippen LogP contribution >= 0.6 is 0 Å². The molecule has 0 atom stereocenters. The second kappa shape index (κ2) is 4.34. The minimum atomic E-state index is -2.77. The van der Waals surface area contributed by atoms with Gasteiger partial charge in [-0.2, -0.15) is 0 Å². The van der Waals surface area contributed by atoms with Gasteiger partial charge in [0.15, 0.2) is 0 Å². The van der Waals surface area contributed by atoms with E-state index in [1.165, 1.54) is 6.92 Å². The Morgan fingerprint density at radius 2 is 1.75 bits per heavy atom. The van der Waals surface area contributed by atoms with Crippen LogP contribution in [0.25, 0.3) is 0 Å². The minimum absolute atomic E-state index is 0.217. The third-order valence-corrected chi connectivity index (χ3v) is 2.47. The zero-order valence-corrected chi connectivity index (χ0v) is 10.3. The first-order valence-corrected chi connectivity index (χ1v) is 5.32. The summed E-state index contributed by atoms with van der Waals surface area (Å²) in [5.41, 5.74) is -1.31. The van der Waals surface area contributed by atoms with Crippen molar-refractivity contribution in [1.82, 2.24) is 0 Å². The lowest BCUT2D eigenvalue weighted by atomic mass is 9.80. The summed E-state index contributed by atoms with van der Waals surface area (Å²) in [6.45, 7) is 1.90. The Kier molecular flexibility index (Phi) is 1.76. The molecule has 1 aromatic rings. The summed E-state index contributed by atoms with van der Waals surface area (Å²) in [6, 6.07) is 6.76. The molecule has 1 rings (SSSR count). The number of hydrogen-bond acceptors (Lipinski definition) is 0. The number of rotatable bonds is 1. The van der Waals surface area contributed by atoms with Gasteiger partial charge >= 0.3 is 0 Å². The topological polar surface area (TPSA) is 0 Å². The lowest BCUT2D eigenvalue weighted by molar-refractivity contribution is 0.586. The molecular formula is C16H22. The van der Waals surface area contributed by atoms with Crippen LogP contribution < -0.4 is 0 Å². The van der Waals surface area contributed by atoms with Gasteiger partial charge in [-0.1, -0.05) is 51.0 Å². The SMILES string of the molecule is [2H]C([2H])([2H])C(C#CC)(c1cccc(C(C)(C)C)c1)C([2H])([2H])[2H]. The number of benzene rings is 1. The summed E-state index contributed by atoms with van der Waals surface area (Å²) >= 11 is 0. The molecule has 0 aliphatic rings. The zero-order chi connectivity index (χ0) is 17.4. The summed E-state index contributed by atoms with van der Waals surface area (Å²) in [6.07, 6.45) is 0. The molecule has 0 radical (unpaired) electrons. The second-order valence-electron chi connectivity index (χ2n) is 4.96. The summed E-state index contributed by atoms with van der Waals surface area (Å²) in [7, 11) is 0. The lowest BCUT2D eigenvalue weighted by Gasteiger charge is -2.24. The Bertz CT molecular complexity index is 576. The minimum Gasteiger partial charge on any atom is -0.106 e. The van der Waals surface area contributed by atoms with Crippen LogP contribution in [0.1, 0.15) is 60.8 Å². The normalized spacial score (nSPS) is 19.0. The highest BCUT2D eigenvalue weighted by molar-refractivity contribution is 5.37. The average Bonchev–Trinajstić information content (AvgIpc) is 2.31. The van der Waals surface area contributed by atoms with E-state index in [2.05, 4.69) is 11.8 Å². The summed E-state index contributed by atoms with van der Waals surface area (Å²) in [5, 5.41) is 0. The smallest absolute Gasteiger partial charge is 0.0506 e. The van der Waals surface area contributed by atoms with Gasteiger partial charge in [0.1, 0.15) is 0 Å². The Balaban J connectivity index is 3.77. The largest absolute Gasteiger partial charge is 0.106 e. The lowest BCUT2D eigenvalue weighted by Crippen LogP contribution is -2.17. The molecule has 0 saturated heterocycles. The van der Waals surface area contributed by atoms with E-state index in [1.54, 1.807) is 18.2 Å². The van der Waals surface area contributed by atoms with Crippen molar-refractivity contribution in [3.63, 3.8) is 0 Å². The van der Waals surface area contributed by atoms with E-state index in [9.17, 15) is 0 Å². The first-order valence-electron chi connectivity index (χ1n) is 8.32. The maximum Gasteiger partial charge on any atom is 0.0506 e. The van der Waals surface area contributed by atoms with Crippen molar-refractivity contribution >= 4 is 0 Å². The Labute approximate surface area is 109 Å². The first-order chi connectivity index (χ1) is 9.77. The third-order valence-electron chi connectivity index (χ3n) is 2.47. The first kappa shape index (κ1) is 6.50. The van der Waals surface area contributed by atoms with Gasteiger partial charge in [-0.3, -0.25) is 0 Å². The fraction of sp³-hybridized carbons (Fsp3) is 0.500. The highest BCUT2D eigenvalue weighted by atomic mass is 14.2. The van der Waals surface area contributed by atoms with Crippen molar-refractivity contribution in [3.8, 4) is 11.8 Å². The standard InChI is InChI=1S/C16H22/c1-7-11-16(5,6)14-10-8-9-13(12-14)15(2,3)4/h8-10,12H,1-6H3/i5D3,6D3. The number of hydrogen-bond donors (Lipinski definition) is 0. The molecule has 0 nitrogen and oxygen atoms in total. The van der Waals surface area contributed by atoms with Crippen LogP contribution in [0.2, 0.25) is 0 Å². The molecule has 0 amide bonds.